The molecule has 6 heteroatoms. The number of carbonyl (C=O) groups is 1. The monoisotopic (exact) mass is 422 g/mol. The van der Waals surface area contributed by atoms with Gasteiger partial charge in [0.2, 0.25) is 0 Å². The van der Waals surface area contributed by atoms with Crippen molar-refractivity contribution >= 4 is 39.6 Å². The predicted molar refractivity (Wildman–Crippen MR) is 122 cm³/mol. The molecule has 156 valence electrons. The van der Waals surface area contributed by atoms with Gasteiger partial charge >= 0.3 is 5.97 Å². The molecule has 0 unspecified atom stereocenters. The van der Waals surface area contributed by atoms with Crippen molar-refractivity contribution < 1.29 is 9.53 Å². The summed E-state index contributed by atoms with van der Waals surface area (Å²) >= 11 is 7.29. The standard InChI is InChI=1S/C22H34N2O2S2/c1-26-21(25)19-17-14-11-15-18(17)28-20(19)24-22(27)23-16-12-9-7-5-3-2-4-6-8-10-13-16/h16H,2-15H2,1H3,(H2,23,24,27). The van der Waals surface area contributed by atoms with Crippen LogP contribution in [0.15, 0.2) is 0 Å². The number of methoxy groups -OCH3 is 1. The molecular formula is C22H34N2O2S2. The molecule has 0 amide bonds. The quantitative estimate of drug-likeness (QED) is 0.463. The van der Waals surface area contributed by atoms with E-state index in [1.54, 1.807) is 11.3 Å². The summed E-state index contributed by atoms with van der Waals surface area (Å²) in [6.45, 7) is 0. The van der Waals surface area contributed by atoms with Crippen LogP contribution in [-0.2, 0) is 17.6 Å². The number of rotatable bonds is 3. The third-order valence-corrected chi connectivity index (χ3v) is 7.41. The number of hydrogen-bond donors (Lipinski definition) is 2. The van der Waals surface area contributed by atoms with E-state index in [9.17, 15) is 4.79 Å². The number of hydrogen-bond acceptors (Lipinski definition) is 4. The topological polar surface area (TPSA) is 50.4 Å². The molecule has 0 atom stereocenters. The van der Waals surface area contributed by atoms with Gasteiger partial charge in [0.05, 0.1) is 12.7 Å². The molecule has 2 N–H and O–H groups in total. The molecule has 1 aromatic heterocycles. The lowest BCUT2D eigenvalue weighted by atomic mass is 9.98. The van der Waals surface area contributed by atoms with Crippen molar-refractivity contribution in [2.24, 2.45) is 0 Å². The Hall–Kier alpha value is -1.14. The van der Waals surface area contributed by atoms with Crippen molar-refractivity contribution in [3.05, 3.63) is 16.0 Å². The minimum Gasteiger partial charge on any atom is -0.465 e. The van der Waals surface area contributed by atoms with Gasteiger partial charge in [-0.25, -0.2) is 4.79 Å². The Labute approximate surface area is 178 Å². The summed E-state index contributed by atoms with van der Waals surface area (Å²) in [6.07, 6.45) is 17.5. The van der Waals surface area contributed by atoms with Crippen LogP contribution in [0.4, 0.5) is 5.00 Å². The maximum Gasteiger partial charge on any atom is 0.341 e. The van der Waals surface area contributed by atoms with Crippen molar-refractivity contribution in [3.8, 4) is 0 Å². The highest BCUT2D eigenvalue weighted by atomic mass is 32.1. The van der Waals surface area contributed by atoms with E-state index in [0.29, 0.717) is 16.7 Å². The highest BCUT2D eigenvalue weighted by Crippen LogP contribution is 2.39. The predicted octanol–water partition coefficient (Wildman–Crippen LogP) is 5.98. The molecule has 0 spiro atoms. The zero-order valence-corrected chi connectivity index (χ0v) is 18.7. The highest BCUT2D eigenvalue weighted by Gasteiger charge is 2.27. The lowest BCUT2D eigenvalue weighted by Crippen LogP contribution is -2.38. The lowest BCUT2D eigenvalue weighted by molar-refractivity contribution is 0.0601. The first-order valence-electron chi connectivity index (χ1n) is 11.0. The summed E-state index contributed by atoms with van der Waals surface area (Å²) < 4.78 is 5.03. The average Bonchev–Trinajstić information content (AvgIpc) is 3.24. The smallest absolute Gasteiger partial charge is 0.341 e. The van der Waals surface area contributed by atoms with Crippen molar-refractivity contribution in [1.82, 2.24) is 5.32 Å². The maximum atomic E-state index is 12.3. The van der Waals surface area contributed by atoms with Crippen LogP contribution in [0.2, 0.25) is 0 Å². The summed E-state index contributed by atoms with van der Waals surface area (Å²) in [4.78, 5) is 13.6. The normalized spacial score (nSPS) is 19.2. The second kappa shape index (κ2) is 11.1. The van der Waals surface area contributed by atoms with Crippen LogP contribution in [0.3, 0.4) is 0 Å². The van der Waals surface area contributed by atoms with Crippen LogP contribution in [0.1, 0.15) is 97.8 Å². The molecule has 28 heavy (non-hydrogen) atoms. The van der Waals surface area contributed by atoms with Gasteiger partial charge in [0, 0.05) is 10.9 Å². The zero-order valence-electron chi connectivity index (χ0n) is 17.1. The van der Waals surface area contributed by atoms with Crippen LogP contribution >= 0.6 is 23.6 Å². The molecule has 2 aliphatic carbocycles. The first kappa shape index (κ1) is 21.6. The van der Waals surface area contributed by atoms with Crippen molar-refractivity contribution in [2.75, 3.05) is 12.4 Å². The van der Waals surface area contributed by atoms with Crippen LogP contribution < -0.4 is 10.6 Å². The fourth-order valence-electron chi connectivity index (χ4n) is 4.44. The third kappa shape index (κ3) is 5.93. The number of anilines is 1. The Kier molecular flexibility index (Phi) is 8.59. The molecule has 0 aromatic carbocycles. The number of aryl methyl sites for hydroxylation is 1. The van der Waals surface area contributed by atoms with Crippen LogP contribution in [0, 0.1) is 0 Å². The van der Waals surface area contributed by atoms with E-state index in [-0.39, 0.29) is 5.97 Å². The minimum absolute atomic E-state index is 0.254. The number of fused-ring (bicyclic) bond motifs is 1. The van der Waals surface area contributed by atoms with Gasteiger partial charge in [0.15, 0.2) is 5.11 Å². The van der Waals surface area contributed by atoms with E-state index >= 15 is 0 Å². The van der Waals surface area contributed by atoms with E-state index in [2.05, 4.69) is 10.6 Å². The van der Waals surface area contributed by atoms with Gasteiger partial charge in [-0.3, -0.25) is 0 Å². The van der Waals surface area contributed by atoms with Gasteiger partial charge in [-0.1, -0.05) is 57.8 Å². The first-order valence-corrected chi connectivity index (χ1v) is 12.2. The number of thiophene rings is 1. The van der Waals surface area contributed by atoms with Crippen molar-refractivity contribution in [2.45, 2.75) is 95.9 Å². The Balaban J connectivity index is 1.60. The number of esters is 1. The Morgan fingerprint density at radius 1 is 0.964 bits per heavy atom. The molecule has 0 aliphatic heterocycles. The van der Waals surface area contributed by atoms with Gasteiger partial charge in [-0.05, 0) is 49.9 Å². The van der Waals surface area contributed by atoms with E-state index < -0.39 is 0 Å². The Morgan fingerprint density at radius 3 is 2.18 bits per heavy atom. The summed E-state index contributed by atoms with van der Waals surface area (Å²) in [5.74, 6) is -0.254. The third-order valence-electron chi connectivity index (χ3n) is 5.98. The first-order chi connectivity index (χ1) is 13.7. The second-order valence-electron chi connectivity index (χ2n) is 8.11. The van der Waals surface area contributed by atoms with E-state index in [4.69, 9.17) is 17.0 Å². The summed E-state index contributed by atoms with van der Waals surface area (Å²) in [5.41, 5.74) is 1.86. The average molecular weight is 423 g/mol. The number of carbonyl (C=O) groups excluding carboxylic acids is 1. The van der Waals surface area contributed by atoms with E-state index in [1.165, 1.54) is 82.6 Å². The van der Waals surface area contributed by atoms with Crippen LogP contribution in [-0.4, -0.2) is 24.2 Å². The minimum atomic E-state index is -0.254. The molecule has 0 saturated heterocycles. The van der Waals surface area contributed by atoms with Crippen molar-refractivity contribution in [3.63, 3.8) is 0 Å². The largest absolute Gasteiger partial charge is 0.465 e. The molecule has 1 aromatic rings. The Morgan fingerprint density at radius 2 is 1.57 bits per heavy atom. The zero-order chi connectivity index (χ0) is 19.8. The van der Waals surface area contributed by atoms with Gasteiger partial charge < -0.3 is 15.4 Å². The van der Waals surface area contributed by atoms with Gasteiger partial charge in [-0.15, -0.1) is 11.3 Å². The fraction of sp³-hybridized carbons (Fsp3) is 0.727. The molecule has 4 nitrogen and oxygen atoms in total. The van der Waals surface area contributed by atoms with Gasteiger partial charge in [0.25, 0.3) is 0 Å². The Bertz CT molecular complexity index is 660. The number of nitrogens with one attached hydrogen (secondary N) is 2. The van der Waals surface area contributed by atoms with Gasteiger partial charge in [-0.2, -0.15) is 0 Å². The molecule has 1 fully saturated rings. The summed E-state index contributed by atoms with van der Waals surface area (Å²) in [7, 11) is 1.45. The highest BCUT2D eigenvalue weighted by molar-refractivity contribution is 7.80. The molecule has 1 heterocycles. The molecule has 0 radical (unpaired) electrons. The number of thiocarbonyl (C=S) groups is 1. The SMILES string of the molecule is COC(=O)c1c(NC(=S)NC2CCCCCCCCCCC2)sc2c1CCC2. The maximum absolute atomic E-state index is 12.3. The lowest BCUT2D eigenvalue weighted by Gasteiger charge is -2.21. The number of ether oxygens (including phenoxy) is 1. The van der Waals surface area contributed by atoms with Crippen molar-refractivity contribution in [1.29, 1.82) is 0 Å². The molecular weight excluding hydrogens is 388 g/mol. The van der Waals surface area contributed by atoms with E-state index in [1.807, 2.05) is 0 Å². The molecule has 2 aliphatic rings. The molecule has 1 saturated carbocycles. The summed E-state index contributed by atoms with van der Waals surface area (Å²) in [5, 5.41) is 8.36. The van der Waals surface area contributed by atoms with Gasteiger partial charge in [0.1, 0.15) is 5.00 Å². The second-order valence-corrected chi connectivity index (χ2v) is 9.62. The van der Waals surface area contributed by atoms with Crippen LogP contribution in [0.25, 0.3) is 0 Å². The molecule has 0 bridgehead atoms. The summed E-state index contributed by atoms with van der Waals surface area (Å²) in [6, 6.07) is 0.424. The fourth-order valence-corrected chi connectivity index (χ4v) is 6.06. The van der Waals surface area contributed by atoms with E-state index in [0.717, 1.165) is 29.8 Å². The van der Waals surface area contributed by atoms with Crippen LogP contribution in [0.5, 0.6) is 0 Å². The molecule has 3 rings (SSSR count).